The first-order chi connectivity index (χ1) is 26.4. The molecule has 296 valence electrons. The predicted octanol–water partition coefficient (Wildman–Crippen LogP) is 5.66. The van der Waals surface area contributed by atoms with E-state index in [9.17, 15) is 13.8 Å². The summed E-state index contributed by atoms with van der Waals surface area (Å²) in [4.78, 5) is 30.3. The number of ether oxygens (including phenoxy) is 3. The molecule has 2 bridgehead atoms. The van der Waals surface area contributed by atoms with Gasteiger partial charge in [0, 0.05) is 61.9 Å². The zero-order valence-electron chi connectivity index (χ0n) is 32.4. The van der Waals surface area contributed by atoms with Gasteiger partial charge in [0.2, 0.25) is 0 Å². The van der Waals surface area contributed by atoms with E-state index >= 15 is 0 Å². The van der Waals surface area contributed by atoms with Crippen molar-refractivity contribution in [2.45, 2.75) is 63.6 Å². The van der Waals surface area contributed by atoms with Crippen molar-refractivity contribution in [3.63, 3.8) is 0 Å². The molecule has 1 fully saturated rings. The van der Waals surface area contributed by atoms with E-state index in [2.05, 4.69) is 42.6 Å². The van der Waals surface area contributed by atoms with Gasteiger partial charge in [0.15, 0.2) is 0 Å². The van der Waals surface area contributed by atoms with Crippen molar-refractivity contribution in [3.8, 4) is 5.75 Å². The van der Waals surface area contributed by atoms with Gasteiger partial charge in [-0.3, -0.25) is 19.0 Å². The number of amides is 2. The van der Waals surface area contributed by atoms with Crippen LogP contribution >= 0.6 is 11.6 Å². The van der Waals surface area contributed by atoms with E-state index < -0.39 is 33.8 Å². The number of nitrogens with one attached hydrogen (secondary N) is 2. The fourth-order valence-corrected chi connectivity index (χ4v) is 10.9. The molecule has 55 heavy (non-hydrogen) atoms. The van der Waals surface area contributed by atoms with Crippen molar-refractivity contribution in [2.24, 2.45) is 29.2 Å². The van der Waals surface area contributed by atoms with Gasteiger partial charge < -0.3 is 24.4 Å². The molecule has 2 N–H and O–H groups in total. The molecule has 2 aliphatic heterocycles. The second-order valence-corrected chi connectivity index (χ2v) is 18.2. The van der Waals surface area contributed by atoms with Crippen molar-refractivity contribution >= 4 is 39.0 Å². The third-order valence-electron chi connectivity index (χ3n) is 11.9. The number of methoxy groups -OCH3 is 1. The van der Waals surface area contributed by atoms with Crippen LogP contribution in [0, 0.1) is 24.7 Å². The molecule has 3 aromatic rings. The van der Waals surface area contributed by atoms with E-state index in [0.717, 1.165) is 49.4 Å². The predicted molar refractivity (Wildman–Crippen MR) is 214 cm³/mol. The molecule has 3 heterocycles. The van der Waals surface area contributed by atoms with Gasteiger partial charge in [-0.2, -0.15) is 5.10 Å². The third-order valence-corrected chi connectivity index (χ3v) is 14.0. The SMILES string of the molecule is CNCCO[C@H]1/C=C/[C@H](OC)[C@@H]2CC[C@H]2CN2C[C@@]3(CCCc4cc(Cl)ccc43)COc3ccc(cc32)C(=O)N=[S@](=O)(NC(=O)c2cn(C)nc2C)C[C@H]1C. The Balaban J connectivity index is 1.33. The fraction of sp³-hybridized carbons (Fsp3) is 0.537. The summed E-state index contributed by atoms with van der Waals surface area (Å²) in [5.41, 5.74) is 4.01. The smallest absolute Gasteiger partial charge is 0.286 e. The van der Waals surface area contributed by atoms with Gasteiger partial charge in [0.25, 0.3) is 11.8 Å². The molecule has 1 aromatic heterocycles. The lowest BCUT2D eigenvalue weighted by Crippen LogP contribution is -2.49. The van der Waals surface area contributed by atoms with Crippen LogP contribution in [0.4, 0.5) is 5.69 Å². The van der Waals surface area contributed by atoms with E-state index in [4.69, 9.17) is 25.8 Å². The normalized spacial score (nSPS) is 29.9. The summed E-state index contributed by atoms with van der Waals surface area (Å²) in [5.74, 6) is -0.567. The molecule has 1 saturated carbocycles. The average Bonchev–Trinajstić information content (AvgIpc) is 3.41. The number of anilines is 1. The number of carbonyl (C=O) groups excluding carboxylic acids is 2. The number of hydrogen-bond acceptors (Lipinski definition) is 9. The molecule has 2 aliphatic carbocycles. The Bertz CT molecular complexity index is 2080. The summed E-state index contributed by atoms with van der Waals surface area (Å²) in [5, 5.41) is 8.12. The summed E-state index contributed by atoms with van der Waals surface area (Å²) in [6.45, 7) is 6.54. The van der Waals surface area contributed by atoms with E-state index in [1.807, 2.05) is 38.2 Å². The summed E-state index contributed by atoms with van der Waals surface area (Å²) in [6, 6.07) is 11.5. The molecule has 0 saturated heterocycles. The van der Waals surface area contributed by atoms with Crippen molar-refractivity contribution in [2.75, 3.05) is 57.7 Å². The largest absolute Gasteiger partial charge is 0.490 e. The van der Waals surface area contributed by atoms with Crippen LogP contribution in [0.5, 0.6) is 5.75 Å². The highest BCUT2D eigenvalue weighted by Gasteiger charge is 2.44. The molecule has 0 unspecified atom stereocenters. The van der Waals surface area contributed by atoms with Crippen molar-refractivity contribution in [3.05, 3.63) is 87.7 Å². The number of fused-ring (bicyclic) bond motifs is 4. The van der Waals surface area contributed by atoms with Gasteiger partial charge in [-0.05, 0) is 99.4 Å². The van der Waals surface area contributed by atoms with Gasteiger partial charge in [-0.1, -0.05) is 36.7 Å². The van der Waals surface area contributed by atoms with Gasteiger partial charge >= 0.3 is 0 Å². The first-order valence-electron chi connectivity index (χ1n) is 19.3. The molecule has 4 aliphatic rings. The maximum atomic E-state index is 14.9. The molecule has 2 amide bonds. The quantitative estimate of drug-likeness (QED) is 0.230. The van der Waals surface area contributed by atoms with Crippen LogP contribution in [0.25, 0.3) is 0 Å². The Labute approximate surface area is 329 Å². The Morgan fingerprint density at radius 1 is 1.16 bits per heavy atom. The van der Waals surface area contributed by atoms with Crippen LogP contribution in [0.15, 0.2) is 59.1 Å². The summed E-state index contributed by atoms with van der Waals surface area (Å²) >= 11 is 6.48. The number of hydrogen-bond donors (Lipinski definition) is 2. The minimum absolute atomic E-state index is 0.131. The lowest BCUT2D eigenvalue weighted by Gasteiger charge is -2.46. The summed E-state index contributed by atoms with van der Waals surface area (Å²) in [7, 11) is 1.62. The first kappa shape index (κ1) is 39.5. The van der Waals surface area contributed by atoms with Crippen LogP contribution < -0.4 is 19.7 Å². The van der Waals surface area contributed by atoms with Crippen molar-refractivity contribution < 1.29 is 28.0 Å². The first-order valence-corrected chi connectivity index (χ1v) is 21.4. The monoisotopic (exact) mass is 792 g/mol. The highest BCUT2D eigenvalue weighted by Crippen LogP contribution is 2.47. The Morgan fingerprint density at radius 3 is 2.71 bits per heavy atom. The van der Waals surface area contributed by atoms with Gasteiger partial charge in [-0.15, -0.1) is 4.36 Å². The van der Waals surface area contributed by atoms with Crippen LogP contribution in [-0.4, -0.2) is 90.8 Å². The van der Waals surface area contributed by atoms with Crippen LogP contribution in [0.1, 0.15) is 70.1 Å². The Hall–Kier alpha value is -3.75. The highest BCUT2D eigenvalue weighted by atomic mass is 35.5. The minimum atomic E-state index is -3.69. The molecule has 1 spiro atoms. The van der Waals surface area contributed by atoms with Crippen molar-refractivity contribution in [1.29, 1.82) is 0 Å². The van der Waals surface area contributed by atoms with Gasteiger partial charge in [0.05, 0.1) is 48.1 Å². The van der Waals surface area contributed by atoms with Crippen molar-refractivity contribution in [1.82, 2.24) is 19.8 Å². The number of aromatic nitrogens is 2. The zero-order chi connectivity index (χ0) is 38.9. The molecule has 7 rings (SSSR count). The summed E-state index contributed by atoms with van der Waals surface area (Å²) < 4.78 is 42.6. The standard InChI is InChI=1S/C41H53ClN6O6S/c1-26-23-55(51,46-40(50)33-22-47(4)44-27(33)2)45-39(49)29-9-13-38-35(20-29)48(24-41(25-54-38)16-6-7-28-19-31(42)10-12-34(28)41)21-30-8-11-32(30)37(52-5)15-14-36(26)53-18-17-43-3/h9-10,12-15,19-20,22,26,30,32,36-37,43H,6-8,11,16-18,21,23-25H2,1-5H3,(H,45,46,49,50,51)/b15-14+/t26-,30+,32-,36+,37+,41+,55+/m1/s1. The van der Waals surface area contributed by atoms with Gasteiger partial charge in [-0.25, -0.2) is 4.21 Å². The molecular weight excluding hydrogens is 740 g/mol. The maximum Gasteiger partial charge on any atom is 0.286 e. The second kappa shape index (κ2) is 16.4. The van der Waals surface area contributed by atoms with Crippen LogP contribution in [0.3, 0.4) is 0 Å². The number of likely N-dealkylation sites (N-methyl/N-ethyl adjacent to an activating group) is 1. The lowest BCUT2D eigenvalue weighted by molar-refractivity contribution is 0.0110. The molecule has 2 aromatic carbocycles. The van der Waals surface area contributed by atoms with E-state index in [-0.39, 0.29) is 34.3 Å². The van der Waals surface area contributed by atoms with Crippen LogP contribution in [-0.2, 0) is 38.3 Å². The lowest BCUT2D eigenvalue weighted by atomic mass is 9.68. The molecule has 14 heteroatoms. The number of nitrogens with zero attached hydrogens (tertiary/aromatic N) is 4. The van der Waals surface area contributed by atoms with E-state index in [1.54, 1.807) is 33.3 Å². The Kier molecular flexibility index (Phi) is 11.8. The molecule has 0 radical (unpaired) electrons. The number of halogens is 1. The van der Waals surface area contributed by atoms with Crippen LogP contribution in [0.2, 0.25) is 5.02 Å². The number of aryl methyl sites for hydroxylation is 3. The average molecular weight is 793 g/mol. The molecule has 7 atom stereocenters. The van der Waals surface area contributed by atoms with E-state index in [0.29, 0.717) is 43.7 Å². The summed E-state index contributed by atoms with van der Waals surface area (Å²) in [6.07, 6.45) is 9.97. The fourth-order valence-electron chi connectivity index (χ4n) is 8.87. The Morgan fingerprint density at radius 2 is 1.98 bits per heavy atom. The van der Waals surface area contributed by atoms with Gasteiger partial charge in [0.1, 0.15) is 15.7 Å². The van der Waals surface area contributed by atoms with E-state index in [1.165, 1.54) is 15.8 Å². The molecule has 12 nitrogen and oxygen atoms in total. The number of rotatable bonds is 7. The second-order valence-electron chi connectivity index (χ2n) is 15.7. The zero-order valence-corrected chi connectivity index (χ0v) is 34.0. The highest BCUT2D eigenvalue weighted by molar-refractivity contribution is 7.92. The number of benzene rings is 2. The molecular formula is C41H53ClN6O6S. The topological polar surface area (TPSA) is 136 Å². The maximum absolute atomic E-state index is 14.9. The number of carbonyl (C=O) groups is 2. The third kappa shape index (κ3) is 8.37. The minimum Gasteiger partial charge on any atom is -0.490 e.